The van der Waals surface area contributed by atoms with Gasteiger partial charge < -0.3 is 0 Å². The SMILES string of the molecule is N#CC(C#N)=C1c2ccc(C#N)cc2-c2c1ccc1c2C(=C(C#N)C#N)c2ccc(C#N)cc2-1. The van der Waals surface area contributed by atoms with Crippen molar-refractivity contribution in [2.75, 3.05) is 0 Å². The highest BCUT2D eigenvalue weighted by molar-refractivity contribution is 6.15. The highest BCUT2D eigenvalue weighted by Crippen LogP contribution is 2.56. The Hall–Kier alpha value is -5.92. The Bertz CT molecular complexity index is 1780. The quantitative estimate of drug-likeness (QED) is 0.314. The maximum atomic E-state index is 9.76. The van der Waals surface area contributed by atoms with Crippen LogP contribution in [0, 0.1) is 68.0 Å². The van der Waals surface area contributed by atoms with Gasteiger partial charge in [0.05, 0.1) is 23.3 Å². The van der Waals surface area contributed by atoms with Gasteiger partial charge in [-0.2, -0.15) is 31.6 Å². The number of fused-ring (bicyclic) bond motifs is 7. The van der Waals surface area contributed by atoms with E-state index in [1.807, 2.05) is 30.3 Å². The van der Waals surface area contributed by atoms with Gasteiger partial charge in [-0.15, -0.1) is 0 Å². The van der Waals surface area contributed by atoms with E-state index in [1.54, 1.807) is 42.5 Å². The molecule has 2 aliphatic carbocycles. The maximum absolute atomic E-state index is 9.76. The molecule has 2 aliphatic rings. The Kier molecular flexibility index (Phi) is 4.32. The number of nitrogens with zero attached hydrogens (tertiary/aromatic N) is 6. The van der Waals surface area contributed by atoms with Crippen molar-refractivity contribution in [3.63, 3.8) is 0 Å². The summed E-state index contributed by atoms with van der Waals surface area (Å²) in [5, 5.41) is 57.7. The molecule has 0 saturated heterocycles. The van der Waals surface area contributed by atoms with Gasteiger partial charge in [0.15, 0.2) is 0 Å². The Labute approximate surface area is 194 Å². The second-order valence-electron chi connectivity index (χ2n) is 7.60. The molecule has 0 spiro atoms. The van der Waals surface area contributed by atoms with Crippen LogP contribution in [0.2, 0.25) is 0 Å². The Balaban J connectivity index is 2.02. The fraction of sp³-hybridized carbons (Fsp3) is 0. The lowest BCUT2D eigenvalue weighted by molar-refractivity contribution is 1.45. The average molecular weight is 428 g/mol. The van der Waals surface area contributed by atoms with Gasteiger partial charge >= 0.3 is 0 Å². The summed E-state index contributed by atoms with van der Waals surface area (Å²) in [4.78, 5) is 0. The van der Waals surface area contributed by atoms with E-state index in [1.165, 1.54) is 0 Å². The molecular formula is C28H8N6. The third-order valence-corrected chi connectivity index (χ3v) is 6.07. The second-order valence-corrected chi connectivity index (χ2v) is 7.60. The van der Waals surface area contributed by atoms with E-state index in [4.69, 9.17) is 0 Å². The maximum Gasteiger partial charge on any atom is 0.138 e. The van der Waals surface area contributed by atoms with Crippen LogP contribution < -0.4 is 0 Å². The fourth-order valence-electron chi connectivity index (χ4n) is 4.75. The lowest BCUT2D eigenvalue weighted by Gasteiger charge is -2.11. The highest BCUT2D eigenvalue weighted by Gasteiger charge is 2.36. The van der Waals surface area contributed by atoms with Crippen LogP contribution in [-0.2, 0) is 0 Å². The molecule has 0 heterocycles. The molecule has 0 aromatic heterocycles. The van der Waals surface area contributed by atoms with Crippen molar-refractivity contribution in [2.24, 2.45) is 0 Å². The summed E-state index contributed by atoms with van der Waals surface area (Å²) in [5.41, 5.74) is 6.80. The van der Waals surface area contributed by atoms with Crippen LogP contribution in [0.15, 0.2) is 59.7 Å². The molecule has 0 aliphatic heterocycles. The normalized spacial score (nSPS) is 11.2. The van der Waals surface area contributed by atoms with Crippen molar-refractivity contribution in [1.29, 1.82) is 31.6 Å². The van der Waals surface area contributed by atoms with E-state index < -0.39 is 0 Å². The molecule has 6 heteroatoms. The van der Waals surface area contributed by atoms with E-state index in [9.17, 15) is 31.6 Å². The summed E-state index contributed by atoms with van der Waals surface area (Å²) in [6.07, 6.45) is 0. The number of benzene rings is 3. The number of hydrogen-bond donors (Lipinski definition) is 0. The monoisotopic (exact) mass is 428 g/mol. The van der Waals surface area contributed by atoms with Gasteiger partial charge in [-0.25, -0.2) is 0 Å². The minimum Gasteiger partial charge on any atom is -0.192 e. The largest absolute Gasteiger partial charge is 0.192 e. The van der Waals surface area contributed by atoms with Crippen LogP contribution in [0.25, 0.3) is 33.4 Å². The Morgan fingerprint density at radius 3 is 1.47 bits per heavy atom. The number of allylic oxidation sites excluding steroid dienone is 2. The molecule has 0 unspecified atom stereocenters. The summed E-state index contributed by atoms with van der Waals surface area (Å²) in [6.45, 7) is 0. The van der Waals surface area contributed by atoms with Crippen LogP contribution in [-0.4, -0.2) is 0 Å². The molecule has 0 bridgehead atoms. The van der Waals surface area contributed by atoms with Crippen molar-refractivity contribution in [3.8, 4) is 58.7 Å². The van der Waals surface area contributed by atoms with E-state index in [0.29, 0.717) is 61.2 Å². The van der Waals surface area contributed by atoms with Gasteiger partial charge in [-0.1, -0.05) is 24.3 Å². The number of nitriles is 6. The first kappa shape index (κ1) is 20.0. The number of rotatable bonds is 0. The van der Waals surface area contributed by atoms with E-state index in [2.05, 4.69) is 12.1 Å². The van der Waals surface area contributed by atoms with Crippen LogP contribution in [0.3, 0.4) is 0 Å². The molecule has 0 fully saturated rings. The Morgan fingerprint density at radius 1 is 0.441 bits per heavy atom. The van der Waals surface area contributed by atoms with Crippen LogP contribution >= 0.6 is 0 Å². The molecule has 0 N–H and O–H groups in total. The third-order valence-electron chi connectivity index (χ3n) is 6.07. The van der Waals surface area contributed by atoms with Gasteiger partial charge in [0, 0.05) is 16.7 Å². The fourth-order valence-corrected chi connectivity index (χ4v) is 4.75. The second kappa shape index (κ2) is 7.34. The number of hydrogen-bond acceptors (Lipinski definition) is 6. The van der Waals surface area contributed by atoms with Crippen LogP contribution in [0.1, 0.15) is 33.4 Å². The lowest BCUT2D eigenvalue weighted by Crippen LogP contribution is -1.93. The standard InChI is InChI=1S/C28H8N6/c29-9-15-1-3-19-23(7-15)20-5-6-22-25(17(11-31)12-32)21-4-2-16(10-30)8-24(21)27(22)28(20)26(19)18(13-33)14-34/h1-8H. The van der Waals surface area contributed by atoms with Crippen molar-refractivity contribution >= 4 is 11.1 Å². The summed E-state index contributed by atoms with van der Waals surface area (Å²) >= 11 is 0. The molecule has 0 amide bonds. The first-order valence-corrected chi connectivity index (χ1v) is 9.98. The van der Waals surface area contributed by atoms with Gasteiger partial charge in [0.2, 0.25) is 0 Å². The van der Waals surface area contributed by atoms with Crippen LogP contribution in [0.5, 0.6) is 0 Å². The first-order chi connectivity index (χ1) is 16.6. The molecule has 150 valence electrons. The average Bonchev–Trinajstić information content (AvgIpc) is 3.38. The predicted molar refractivity (Wildman–Crippen MR) is 121 cm³/mol. The highest BCUT2D eigenvalue weighted by atomic mass is 14.4. The molecule has 3 aromatic carbocycles. The topological polar surface area (TPSA) is 143 Å². The molecular weight excluding hydrogens is 420 g/mol. The minimum absolute atomic E-state index is 0.0711. The molecule has 5 rings (SSSR count). The third kappa shape index (κ3) is 2.50. The van der Waals surface area contributed by atoms with E-state index in [-0.39, 0.29) is 11.1 Å². The molecule has 34 heavy (non-hydrogen) atoms. The van der Waals surface area contributed by atoms with Gasteiger partial charge in [-0.3, -0.25) is 0 Å². The zero-order valence-corrected chi connectivity index (χ0v) is 17.3. The lowest BCUT2D eigenvalue weighted by atomic mass is 9.90. The van der Waals surface area contributed by atoms with Gasteiger partial charge in [-0.05, 0) is 63.2 Å². The van der Waals surface area contributed by atoms with Crippen molar-refractivity contribution < 1.29 is 0 Å². The molecule has 0 radical (unpaired) electrons. The van der Waals surface area contributed by atoms with Crippen molar-refractivity contribution in [3.05, 3.63) is 93.1 Å². The zero-order valence-electron chi connectivity index (χ0n) is 17.3. The minimum atomic E-state index is -0.0886. The molecule has 0 saturated carbocycles. The summed E-state index contributed by atoms with van der Waals surface area (Å²) < 4.78 is 0. The first-order valence-electron chi connectivity index (χ1n) is 9.98. The summed E-state index contributed by atoms with van der Waals surface area (Å²) in [5.74, 6) is 0. The van der Waals surface area contributed by atoms with Crippen LogP contribution in [0.4, 0.5) is 0 Å². The van der Waals surface area contributed by atoms with Crippen molar-refractivity contribution in [2.45, 2.75) is 0 Å². The van der Waals surface area contributed by atoms with E-state index >= 15 is 0 Å². The molecule has 6 nitrogen and oxygen atoms in total. The summed E-state index contributed by atoms with van der Waals surface area (Å²) in [6, 6.07) is 25.8. The Morgan fingerprint density at radius 2 is 0.912 bits per heavy atom. The van der Waals surface area contributed by atoms with Gasteiger partial charge in [0.25, 0.3) is 0 Å². The smallest absolute Gasteiger partial charge is 0.138 e. The molecule has 3 aromatic rings. The zero-order chi connectivity index (χ0) is 24.0. The van der Waals surface area contributed by atoms with Gasteiger partial charge in [0.1, 0.15) is 35.4 Å². The van der Waals surface area contributed by atoms with E-state index in [0.717, 1.165) is 5.56 Å². The molecule has 0 atom stereocenters. The van der Waals surface area contributed by atoms with Crippen molar-refractivity contribution in [1.82, 2.24) is 0 Å². The summed E-state index contributed by atoms with van der Waals surface area (Å²) in [7, 11) is 0. The predicted octanol–water partition coefficient (Wildman–Crippen LogP) is 5.09.